The minimum atomic E-state index is 0.0966. The molecule has 0 amide bonds. The van der Waals surface area contributed by atoms with Crippen LogP contribution in [-0.4, -0.2) is 5.78 Å². The maximum Gasteiger partial charge on any atom is 0.204 e. The predicted octanol–water partition coefficient (Wildman–Crippen LogP) is 4.96. The summed E-state index contributed by atoms with van der Waals surface area (Å²) >= 11 is 6.48. The summed E-state index contributed by atoms with van der Waals surface area (Å²) in [5.74, 6) is 0.0966. The van der Waals surface area contributed by atoms with Crippen LogP contribution in [0, 0.1) is 0 Å². The van der Waals surface area contributed by atoms with E-state index in [2.05, 4.69) is 15.9 Å². The molecule has 0 bridgehead atoms. The van der Waals surface area contributed by atoms with E-state index in [0.29, 0.717) is 0 Å². The average molecular weight is 323 g/mol. The van der Waals surface area contributed by atoms with Crippen LogP contribution in [0.25, 0.3) is 10.1 Å². The second-order valence-corrected chi connectivity index (χ2v) is 6.29. The highest BCUT2D eigenvalue weighted by Gasteiger charge is 2.15. The van der Waals surface area contributed by atoms with Crippen LogP contribution in [0.15, 0.2) is 45.6 Å². The van der Waals surface area contributed by atoms with Crippen molar-refractivity contribution in [3.8, 4) is 0 Å². The molecule has 0 aliphatic rings. The number of halogens is 1. The molecule has 0 saturated heterocycles. The standard InChI is InChI=1S/C13H7BrOS2/c14-10-7-16-6-9(10)13(15)12-5-8-3-1-2-4-11(8)17-12/h1-7H. The topological polar surface area (TPSA) is 17.1 Å². The van der Waals surface area contributed by atoms with Gasteiger partial charge >= 0.3 is 0 Å². The third-order valence-electron chi connectivity index (χ3n) is 2.51. The number of ketones is 1. The summed E-state index contributed by atoms with van der Waals surface area (Å²) in [4.78, 5) is 13.1. The van der Waals surface area contributed by atoms with Crippen LogP contribution in [0.2, 0.25) is 0 Å². The van der Waals surface area contributed by atoms with Crippen LogP contribution < -0.4 is 0 Å². The lowest BCUT2D eigenvalue weighted by Crippen LogP contribution is -1.96. The Balaban J connectivity index is 2.10. The van der Waals surface area contributed by atoms with Gasteiger partial charge in [-0.15, -0.1) is 11.3 Å². The van der Waals surface area contributed by atoms with Gasteiger partial charge in [-0.3, -0.25) is 4.79 Å². The maximum absolute atomic E-state index is 12.3. The Hall–Kier alpha value is -0.970. The van der Waals surface area contributed by atoms with Crippen molar-refractivity contribution >= 4 is 54.5 Å². The van der Waals surface area contributed by atoms with Crippen LogP contribution in [0.5, 0.6) is 0 Å². The van der Waals surface area contributed by atoms with Crippen LogP contribution >= 0.6 is 38.6 Å². The number of benzene rings is 1. The maximum atomic E-state index is 12.3. The molecule has 0 atom stereocenters. The lowest BCUT2D eigenvalue weighted by molar-refractivity contribution is 0.104. The Kier molecular flexibility index (Phi) is 2.86. The van der Waals surface area contributed by atoms with Gasteiger partial charge in [0.25, 0.3) is 0 Å². The van der Waals surface area contributed by atoms with Gasteiger partial charge in [-0.2, -0.15) is 11.3 Å². The number of thiophene rings is 2. The third-order valence-corrected chi connectivity index (χ3v) is 5.33. The van der Waals surface area contributed by atoms with E-state index >= 15 is 0 Å². The molecule has 1 nitrogen and oxygen atoms in total. The zero-order valence-electron chi connectivity index (χ0n) is 8.64. The van der Waals surface area contributed by atoms with Crippen molar-refractivity contribution in [1.82, 2.24) is 0 Å². The quantitative estimate of drug-likeness (QED) is 0.610. The van der Waals surface area contributed by atoms with E-state index in [4.69, 9.17) is 0 Å². The van der Waals surface area contributed by atoms with E-state index in [0.717, 1.165) is 25.0 Å². The van der Waals surface area contributed by atoms with Gasteiger partial charge in [0, 0.05) is 25.5 Å². The van der Waals surface area contributed by atoms with Crippen LogP contribution in [0.4, 0.5) is 0 Å². The highest BCUT2D eigenvalue weighted by Crippen LogP contribution is 2.30. The van der Waals surface area contributed by atoms with Crippen molar-refractivity contribution < 1.29 is 4.79 Å². The summed E-state index contributed by atoms with van der Waals surface area (Å²) in [7, 11) is 0. The van der Waals surface area contributed by atoms with Crippen LogP contribution in [0.3, 0.4) is 0 Å². The molecule has 0 spiro atoms. The Morgan fingerprint density at radius 1 is 1.18 bits per heavy atom. The third kappa shape index (κ3) is 1.97. The minimum absolute atomic E-state index is 0.0966. The zero-order valence-corrected chi connectivity index (χ0v) is 11.9. The summed E-state index contributed by atoms with van der Waals surface area (Å²) in [5, 5.41) is 4.95. The molecule has 3 rings (SSSR count). The second kappa shape index (κ2) is 4.37. The summed E-state index contributed by atoms with van der Waals surface area (Å²) in [6, 6.07) is 10.0. The van der Waals surface area contributed by atoms with Gasteiger partial charge < -0.3 is 0 Å². The Morgan fingerprint density at radius 3 is 2.71 bits per heavy atom. The van der Waals surface area contributed by atoms with E-state index in [9.17, 15) is 4.79 Å². The fourth-order valence-corrected chi connectivity index (χ4v) is 4.14. The summed E-state index contributed by atoms with van der Waals surface area (Å²) in [5.41, 5.74) is 0.751. The fourth-order valence-electron chi connectivity index (χ4n) is 1.67. The van der Waals surface area contributed by atoms with Gasteiger partial charge in [0.2, 0.25) is 5.78 Å². The first kappa shape index (κ1) is 11.1. The van der Waals surface area contributed by atoms with Gasteiger partial charge in [-0.1, -0.05) is 18.2 Å². The normalized spacial score (nSPS) is 10.9. The first-order valence-electron chi connectivity index (χ1n) is 5.00. The van der Waals surface area contributed by atoms with Crippen LogP contribution in [0.1, 0.15) is 15.2 Å². The number of fused-ring (bicyclic) bond motifs is 1. The highest BCUT2D eigenvalue weighted by molar-refractivity contribution is 9.10. The minimum Gasteiger partial charge on any atom is -0.288 e. The van der Waals surface area contributed by atoms with Gasteiger partial charge in [0.1, 0.15) is 0 Å². The van der Waals surface area contributed by atoms with Crippen molar-refractivity contribution in [3.63, 3.8) is 0 Å². The Labute approximate surface area is 115 Å². The number of hydrogen-bond donors (Lipinski definition) is 0. The SMILES string of the molecule is O=C(c1cc2ccccc2s1)c1cscc1Br. The zero-order chi connectivity index (χ0) is 11.8. The first-order chi connectivity index (χ1) is 8.25. The molecule has 0 aliphatic heterocycles. The molecule has 2 aromatic heterocycles. The average Bonchev–Trinajstić information content (AvgIpc) is 2.93. The molecule has 84 valence electrons. The lowest BCUT2D eigenvalue weighted by Gasteiger charge is -1.93. The van der Waals surface area contributed by atoms with Gasteiger partial charge in [0.15, 0.2) is 0 Å². The molecule has 17 heavy (non-hydrogen) atoms. The van der Waals surface area contributed by atoms with Crippen molar-refractivity contribution in [3.05, 3.63) is 56.0 Å². The lowest BCUT2D eigenvalue weighted by atomic mass is 10.2. The molecule has 0 unspecified atom stereocenters. The van der Waals surface area contributed by atoms with Crippen molar-refractivity contribution in [1.29, 1.82) is 0 Å². The van der Waals surface area contributed by atoms with Crippen molar-refractivity contribution in [2.24, 2.45) is 0 Å². The predicted molar refractivity (Wildman–Crippen MR) is 77.3 cm³/mol. The number of carbonyl (C=O) groups excluding carboxylic acids is 1. The van der Waals surface area contributed by atoms with E-state index < -0.39 is 0 Å². The Bertz CT molecular complexity index is 663. The molecule has 0 radical (unpaired) electrons. The fraction of sp³-hybridized carbons (Fsp3) is 0. The molecule has 0 aliphatic carbocycles. The molecule has 3 aromatic rings. The highest BCUT2D eigenvalue weighted by atomic mass is 79.9. The van der Waals surface area contributed by atoms with E-state index in [1.807, 2.05) is 41.1 Å². The van der Waals surface area contributed by atoms with E-state index in [1.54, 1.807) is 11.3 Å². The van der Waals surface area contributed by atoms with E-state index in [-0.39, 0.29) is 5.78 Å². The van der Waals surface area contributed by atoms with E-state index in [1.165, 1.54) is 11.3 Å². The molecule has 0 N–H and O–H groups in total. The molecule has 2 heterocycles. The second-order valence-electron chi connectivity index (χ2n) is 3.61. The number of carbonyl (C=O) groups is 1. The molecule has 4 heteroatoms. The monoisotopic (exact) mass is 322 g/mol. The molecule has 0 fully saturated rings. The smallest absolute Gasteiger partial charge is 0.204 e. The molecule has 1 aromatic carbocycles. The largest absolute Gasteiger partial charge is 0.288 e. The molecule has 0 saturated carbocycles. The number of rotatable bonds is 2. The molecular formula is C13H7BrOS2. The Morgan fingerprint density at radius 2 is 2.00 bits per heavy atom. The van der Waals surface area contributed by atoms with Gasteiger partial charge in [-0.05, 0) is 33.4 Å². The summed E-state index contributed by atoms with van der Waals surface area (Å²) in [6.45, 7) is 0. The molecular weight excluding hydrogens is 316 g/mol. The first-order valence-corrected chi connectivity index (χ1v) is 7.56. The number of hydrogen-bond acceptors (Lipinski definition) is 3. The summed E-state index contributed by atoms with van der Waals surface area (Å²) in [6.07, 6.45) is 0. The van der Waals surface area contributed by atoms with Gasteiger partial charge in [0.05, 0.1) is 4.88 Å². The van der Waals surface area contributed by atoms with Gasteiger partial charge in [-0.25, -0.2) is 0 Å². The van der Waals surface area contributed by atoms with Crippen LogP contribution in [-0.2, 0) is 0 Å². The van der Waals surface area contributed by atoms with Crippen molar-refractivity contribution in [2.75, 3.05) is 0 Å². The summed E-state index contributed by atoms with van der Waals surface area (Å²) < 4.78 is 2.03. The van der Waals surface area contributed by atoms with Crippen molar-refractivity contribution in [2.45, 2.75) is 0 Å².